The van der Waals surface area contributed by atoms with Gasteiger partial charge in [0.15, 0.2) is 18.9 Å². The summed E-state index contributed by atoms with van der Waals surface area (Å²) >= 11 is 0. The van der Waals surface area contributed by atoms with Crippen LogP contribution in [0.3, 0.4) is 0 Å². The van der Waals surface area contributed by atoms with Crippen molar-refractivity contribution < 1.29 is 124 Å². The number of rotatable bonds is 83. The van der Waals surface area contributed by atoms with Crippen molar-refractivity contribution in [1.29, 1.82) is 0 Å². The lowest BCUT2D eigenvalue weighted by molar-refractivity contribution is -0.373. The monoisotopic (exact) mass is 1930 g/mol. The molecule has 0 aromatic heterocycles. The second-order valence-electron chi connectivity index (χ2n) is 44.4. The molecule has 0 radical (unpaired) electrons. The van der Waals surface area contributed by atoms with E-state index in [9.17, 15) is 63.3 Å². The molecule has 3 fully saturated rings. The molecular weight excluding hydrogens is 1730 g/mol. The quantitative estimate of drug-likeness (QED) is 0.0154. The lowest BCUT2D eigenvalue weighted by Crippen LogP contribution is -2.65. The van der Waals surface area contributed by atoms with E-state index in [0.29, 0.717) is 73.8 Å². The van der Waals surface area contributed by atoms with Gasteiger partial charge in [-0.2, -0.15) is 8.42 Å². The van der Waals surface area contributed by atoms with Gasteiger partial charge >= 0.3 is 18.2 Å². The van der Waals surface area contributed by atoms with Crippen molar-refractivity contribution in [3.8, 4) is 0 Å². The smallest absolute Gasteiger partial charge is 0.394 e. The predicted octanol–water partition coefficient (Wildman–Crippen LogP) is 21.1. The standard InChI is InChI=1S/C104H205O26PS/c1-72(2)33-21-37-76(9)41-25-45-80(13)49-29-53-84(17)57-61-118-66-88(120-63-59-86(19)55-31-51-82(15)47-27-43-78(11)39-23-35-74(5)6)68-122-104-101(129-103-98(111)96(109)93(106)91(127-103)70-123-102-99(112)100(130-132(115,116)117)95(108)90(65-105)126-102)97(110)94(107)92(128-104)71-125-131(113,114)124-69-89(121-64-60-87(20)56-32-52-83(16)48-28-44-79(12)40-24-36-75(7)8)67-119-62-58-85(18)54-30-50-81(14)46-26-42-77(10)38-22-34-73(3)4/h72-112H,21-71H2,1-20H3,(H,113,114)(H,115,116,117)/t76-,77-,78-,79-,80-,81-,82-,83-,84-,85-,86-,87-,88+,89+,90-,91-,92-,93-,94-,95+,96?,97?,98?,99?,100?,101?,102-,103-,104+/m1/s1. The van der Waals surface area contributed by atoms with E-state index in [1.807, 2.05) is 0 Å². The molecule has 3 rings (SSSR count). The summed E-state index contributed by atoms with van der Waals surface area (Å²) in [5.41, 5.74) is 0. The molecule has 3 heterocycles. The van der Waals surface area contributed by atoms with Crippen molar-refractivity contribution >= 4 is 18.2 Å². The Balaban J connectivity index is 1.91. The third-order valence-corrected chi connectivity index (χ3v) is 29.9. The molecule has 3 aliphatic heterocycles. The van der Waals surface area contributed by atoms with Crippen molar-refractivity contribution in [2.75, 3.05) is 72.7 Å². The average molecular weight is 1930 g/mol. The summed E-state index contributed by atoms with van der Waals surface area (Å²) in [6, 6.07) is 0. The van der Waals surface area contributed by atoms with Crippen LogP contribution < -0.4 is 0 Å². The Morgan fingerprint density at radius 3 is 0.924 bits per heavy atom. The molecule has 3 aliphatic rings. The Bertz CT molecular complexity index is 2910. The zero-order valence-electron chi connectivity index (χ0n) is 87.0. The molecule has 28 heteroatoms. The highest BCUT2D eigenvalue weighted by atomic mass is 32.3. The molecule has 0 spiro atoms. The zero-order chi connectivity index (χ0) is 98.3. The van der Waals surface area contributed by atoms with E-state index in [1.54, 1.807) is 0 Å². The van der Waals surface area contributed by atoms with Gasteiger partial charge in [0.1, 0.15) is 85.5 Å². The van der Waals surface area contributed by atoms with Crippen LogP contribution in [0.4, 0.5) is 0 Å². The number of phosphoric acid groups is 1. The maximum absolute atomic E-state index is 14.2. The molecule has 788 valence electrons. The van der Waals surface area contributed by atoms with Crippen molar-refractivity contribution in [3.05, 3.63) is 0 Å². The van der Waals surface area contributed by atoms with E-state index in [-0.39, 0.29) is 19.8 Å². The van der Waals surface area contributed by atoms with Crippen molar-refractivity contribution in [1.82, 2.24) is 0 Å². The van der Waals surface area contributed by atoms with Crippen LogP contribution in [0.15, 0.2) is 0 Å². The molecule has 10 N–H and O–H groups in total. The van der Waals surface area contributed by atoms with Gasteiger partial charge in [0.05, 0.1) is 46.2 Å². The molecule has 30 atom stereocenters. The Hall–Kier alpha value is -0.740. The summed E-state index contributed by atoms with van der Waals surface area (Å²) < 4.78 is 126. The molecule has 0 saturated carbocycles. The Morgan fingerprint density at radius 2 is 0.591 bits per heavy atom. The molecule has 0 amide bonds. The first-order valence-corrected chi connectivity index (χ1v) is 56.2. The molecule has 3 saturated heterocycles. The van der Waals surface area contributed by atoms with Gasteiger partial charge in [0, 0.05) is 26.4 Å². The van der Waals surface area contributed by atoms with E-state index in [1.165, 1.54) is 167 Å². The minimum absolute atomic E-state index is 0.0725. The second kappa shape index (κ2) is 71.7. The third-order valence-electron chi connectivity index (χ3n) is 28.5. The van der Waals surface area contributed by atoms with Crippen LogP contribution in [0, 0.1) is 94.7 Å². The zero-order valence-corrected chi connectivity index (χ0v) is 88.7. The van der Waals surface area contributed by atoms with Crippen LogP contribution in [-0.4, -0.2) is 236 Å². The Labute approximate surface area is 804 Å². The first-order valence-electron chi connectivity index (χ1n) is 53.3. The van der Waals surface area contributed by atoms with Gasteiger partial charge < -0.3 is 93.1 Å². The van der Waals surface area contributed by atoms with Crippen LogP contribution in [0.1, 0.15) is 395 Å². The van der Waals surface area contributed by atoms with Crippen molar-refractivity contribution in [3.63, 3.8) is 0 Å². The van der Waals surface area contributed by atoms with Gasteiger partial charge in [0.2, 0.25) is 0 Å². The molecule has 0 aromatic carbocycles. The van der Waals surface area contributed by atoms with Crippen LogP contribution in [0.5, 0.6) is 0 Å². The van der Waals surface area contributed by atoms with Crippen LogP contribution in [0.2, 0.25) is 0 Å². The van der Waals surface area contributed by atoms with Gasteiger partial charge in [-0.15, -0.1) is 0 Å². The number of aliphatic hydroxyl groups excluding tert-OH is 8. The van der Waals surface area contributed by atoms with Gasteiger partial charge in [-0.05, 0) is 120 Å². The molecule has 132 heavy (non-hydrogen) atoms. The summed E-state index contributed by atoms with van der Waals surface area (Å²) in [5, 5.41) is 90.6. The lowest BCUT2D eigenvalue weighted by Gasteiger charge is -2.46. The molecule has 7 unspecified atom stereocenters. The molecule has 0 bridgehead atoms. The van der Waals surface area contributed by atoms with Gasteiger partial charge in [-0.3, -0.25) is 13.6 Å². The van der Waals surface area contributed by atoms with E-state index in [4.69, 9.17) is 56.4 Å². The predicted molar refractivity (Wildman–Crippen MR) is 525 cm³/mol. The summed E-state index contributed by atoms with van der Waals surface area (Å²) in [6.07, 6.45) is 16.5. The first-order chi connectivity index (χ1) is 62.5. The number of hydrogen-bond acceptors (Lipinski definition) is 24. The SMILES string of the molecule is CC(C)CCC[C@@H](C)CCC[C@@H](C)CCC[C@@H](C)CCOC[C@@H](CO[C@H]1O[C@H](COP(=O)(O)OC[C@H](COCC[C@H](C)CCC[C@H](C)CCC[C@H](C)CCCC(C)C)OCC[C@H](C)CCC[C@H](C)CCC[C@H](C)CCCC(C)C)[C@@H](O)C(O)C1O[C@H]1O[C@H](CO[C@@H]2O[C@H](CO)[C@H](O)C(OS(=O)(=O)O)C2O)[C@@H](O)C(O)C1O)OCC[C@H](C)CCC[C@H](C)CCC[C@H](C)CCCC(C)C. The molecular formula is C104H205O26PS. The minimum Gasteiger partial charge on any atom is -0.394 e. The van der Waals surface area contributed by atoms with E-state index in [0.717, 1.165) is 137 Å². The van der Waals surface area contributed by atoms with Crippen molar-refractivity contribution in [2.24, 2.45) is 94.7 Å². The topological polar surface area (TPSA) is 374 Å². The highest BCUT2D eigenvalue weighted by molar-refractivity contribution is 7.80. The second-order valence-corrected chi connectivity index (χ2v) is 46.9. The van der Waals surface area contributed by atoms with Crippen LogP contribution in [0.25, 0.3) is 0 Å². The maximum atomic E-state index is 14.2. The summed E-state index contributed by atoms with van der Waals surface area (Å²) in [5.74, 6) is 10.1. The van der Waals surface area contributed by atoms with E-state index >= 15 is 0 Å². The first kappa shape index (κ1) is 125. The van der Waals surface area contributed by atoms with Crippen molar-refractivity contribution in [2.45, 2.75) is 500 Å². The van der Waals surface area contributed by atoms with Gasteiger partial charge in [0.25, 0.3) is 0 Å². The lowest BCUT2D eigenvalue weighted by atomic mass is 9.91. The highest BCUT2D eigenvalue weighted by Crippen LogP contribution is 2.45. The van der Waals surface area contributed by atoms with Crippen LogP contribution in [-0.2, 0) is 75.6 Å². The average Bonchev–Trinajstić information content (AvgIpc) is 0.785. The number of phosphoric ester groups is 1. The number of aliphatic hydroxyl groups is 8. The Kier molecular flexibility index (Phi) is 68.1. The summed E-state index contributed by atoms with van der Waals surface area (Å²) in [4.78, 5) is 11.6. The maximum Gasteiger partial charge on any atom is 0.472 e. The fourth-order valence-corrected chi connectivity index (χ4v) is 20.0. The minimum atomic E-state index is -5.30. The molecule has 0 aromatic rings. The fourth-order valence-electron chi connectivity index (χ4n) is 18.8. The normalized spacial score (nSPS) is 26.7. The number of ether oxygens (including phenoxy) is 10. The summed E-state index contributed by atoms with van der Waals surface area (Å²) in [7, 11) is -10.3. The van der Waals surface area contributed by atoms with E-state index in [2.05, 4.69) is 143 Å². The summed E-state index contributed by atoms with van der Waals surface area (Å²) in [6.45, 7) is 44.8. The largest absolute Gasteiger partial charge is 0.472 e. The molecule has 26 nitrogen and oxygen atoms in total. The van der Waals surface area contributed by atoms with E-state index < -0.39 is 149 Å². The fraction of sp³-hybridized carbons (Fsp3) is 1.00. The third kappa shape index (κ3) is 58.7. The van der Waals surface area contributed by atoms with Crippen LogP contribution >= 0.6 is 7.82 Å². The number of hydrogen-bond donors (Lipinski definition) is 10. The highest BCUT2D eigenvalue weighted by Gasteiger charge is 2.53. The molecule has 0 aliphatic carbocycles. The van der Waals surface area contributed by atoms with Gasteiger partial charge in [-0.25, -0.2) is 8.75 Å². The van der Waals surface area contributed by atoms with Gasteiger partial charge in [-0.1, -0.05) is 370 Å². The Morgan fingerprint density at radius 1 is 0.295 bits per heavy atom.